The molecule has 240 valence electrons. The summed E-state index contributed by atoms with van der Waals surface area (Å²) in [6.07, 6.45) is 0. The summed E-state index contributed by atoms with van der Waals surface area (Å²) in [5, 5.41) is 19.2. The summed E-state index contributed by atoms with van der Waals surface area (Å²) in [6, 6.07) is 58.1. The number of nitriles is 1. The summed E-state index contributed by atoms with van der Waals surface area (Å²) in [7, 11) is 0. The number of nitrogens with zero attached hydrogens (tertiary/aromatic N) is 5. The van der Waals surface area contributed by atoms with Gasteiger partial charge < -0.3 is 0 Å². The number of pyridine rings is 1. The minimum atomic E-state index is 0.581. The molecule has 0 unspecified atom stereocenters. The minimum absolute atomic E-state index is 0.581. The molecule has 0 amide bonds. The van der Waals surface area contributed by atoms with E-state index in [9.17, 15) is 5.26 Å². The molecule has 0 aliphatic heterocycles. The summed E-state index contributed by atoms with van der Waals surface area (Å²) < 4.78 is 0. The van der Waals surface area contributed by atoms with Crippen molar-refractivity contribution in [2.45, 2.75) is 0 Å². The van der Waals surface area contributed by atoms with Crippen LogP contribution in [0, 0.1) is 11.3 Å². The van der Waals surface area contributed by atoms with Crippen molar-refractivity contribution in [2.75, 3.05) is 0 Å². The van der Waals surface area contributed by atoms with Gasteiger partial charge in [0.1, 0.15) is 0 Å². The SMILES string of the molecule is N#Cc1ccc(-c2nc3ccccc3c3c2cc(-c2nc(-c4cccc5ccccc45)nc(-c4cccc5ccccc45)n2)c2ccccc23)cc1. The predicted octanol–water partition coefficient (Wildman–Crippen LogP) is 11.6. The largest absolute Gasteiger partial charge is 0.247 e. The van der Waals surface area contributed by atoms with E-state index in [1.54, 1.807) is 0 Å². The Morgan fingerprint density at radius 1 is 0.385 bits per heavy atom. The van der Waals surface area contributed by atoms with Gasteiger partial charge in [0, 0.05) is 38.4 Å². The second-order valence-corrected chi connectivity index (χ2v) is 12.9. The summed E-state index contributed by atoms with van der Waals surface area (Å²) in [6.45, 7) is 0. The van der Waals surface area contributed by atoms with Gasteiger partial charge in [-0.15, -0.1) is 0 Å². The number of hydrogen-bond acceptors (Lipinski definition) is 5. The highest BCUT2D eigenvalue weighted by Crippen LogP contribution is 2.42. The molecule has 0 aliphatic rings. The minimum Gasteiger partial charge on any atom is -0.247 e. The van der Waals surface area contributed by atoms with E-state index in [-0.39, 0.29) is 0 Å². The molecule has 0 fully saturated rings. The van der Waals surface area contributed by atoms with Gasteiger partial charge in [-0.05, 0) is 56.6 Å². The maximum Gasteiger partial charge on any atom is 0.164 e. The molecule has 8 aromatic carbocycles. The molecule has 0 radical (unpaired) electrons. The topological polar surface area (TPSA) is 75.3 Å². The van der Waals surface area contributed by atoms with Crippen LogP contribution in [0.5, 0.6) is 0 Å². The first-order chi connectivity index (χ1) is 25.7. The normalized spacial score (nSPS) is 11.4. The van der Waals surface area contributed by atoms with Crippen LogP contribution in [0.15, 0.2) is 164 Å². The highest BCUT2D eigenvalue weighted by molar-refractivity contribution is 6.25. The lowest BCUT2D eigenvalue weighted by Gasteiger charge is -2.16. The number of fused-ring (bicyclic) bond motifs is 7. The maximum atomic E-state index is 9.53. The van der Waals surface area contributed by atoms with Crippen LogP contribution in [-0.4, -0.2) is 19.9 Å². The lowest BCUT2D eigenvalue weighted by Crippen LogP contribution is -2.02. The number of para-hydroxylation sites is 1. The van der Waals surface area contributed by atoms with Crippen LogP contribution in [0.25, 0.3) is 99.4 Å². The molecule has 0 aliphatic carbocycles. The van der Waals surface area contributed by atoms with E-state index in [1.165, 1.54) is 0 Å². The van der Waals surface area contributed by atoms with Crippen LogP contribution in [0.4, 0.5) is 0 Å². The number of hydrogen-bond donors (Lipinski definition) is 0. The quantitative estimate of drug-likeness (QED) is 0.175. The molecule has 0 bridgehead atoms. The first-order valence-electron chi connectivity index (χ1n) is 17.2. The Labute approximate surface area is 299 Å². The van der Waals surface area contributed by atoms with Crippen molar-refractivity contribution in [3.63, 3.8) is 0 Å². The van der Waals surface area contributed by atoms with Crippen LogP contribution >= 0.6 is 0 Å². The van der Waals surface area contributed by atoms with Crippen molar-refractivity contribution in [1.82, 2.24) is 19.9 Å². The zero-order chi connectivity index (χ0) is 34.6. The number of benzene rings is 8. The lowest BCUT2D eigenvalue weighted by atomic mass is 9.92. The fourth-order valence-corrected chi connectivity index (χ4v) is 7.50. The Hall–Kier alpha value is -7.29. The molecule has 2 heterocycles. The molecule has 0 spiro atoms. The van der Waals surface area contributed by atoms with Crippen molar-refractivity contribution in [3.8, 4) is 51.5 Å². The van der Waals surface area contributed by atoms with E-state index in [0.29, 0.717) is 23.0 Å². The molecule has 0 saturated carbocycles. The molecule has 52 heavy (non-hydrogen) atoms. The van der Waals surface area contributed by atoms with Gasteiger partial charge in [-0.1, -0.05) is 140 Å². The summed E-state index contributed by atoms with van der Waals surface area (Å²) >= 11 is 0. The Morgan fingerprint density at radius 3 is 1.50 bits per heavy atom. The van der Waals surface area contributed by atoms with E-state index in [0.717, 1.165) is 81.9 Å². The first-order valence-corrected chi connectivity index (χ1v) is 17.2. The standard InChI is InChI=1S/C47H27N5/c48-28-29-23-25-32(26-24-29)44-41-27-40(35-17-5-6-18-36(35)43(41)39-19-7-8-22-42(39)49-44)47-51-45(37-20-9-13-30-11-1-3-15-33(30)37)50-46(52-47)38-21-10-14-31-12-2-4-16-34(31)38/h1-27H. The Balaban J connectivity index is 1.33. The highest BCUT2D eigenvalue weighted by Gasteiger charge is 2.21. The van der Waals surface area contributed by atoms with Gasteiger partial charge in [0.05, 0.1) is 22.8 Å². The second-order valence-electron chi connectivity index (χ2n) is 12.9. The molecule has 0 N–H and O–H groups in total. The fourth-order valence-electron chi connectivity index (χ4n) is 7.50. The molecule has 5 heteroatoms. The van der Waals surface area contributed by atoms with Crippen LogP contribution in [0.1, 0.15) is 5.56 Å². The Kier molecular flexibility index (Phi) is 6.80. The average molecular weight is 662 g/mol. The van der Waals surface area contributed by atoms with E-state index in [4.69, 9.17) is 19.9 Å². The third kappa shape index (κ3) is 4.78. The zero-order valence-corrected chi connectivity index (χ0v) is 27.8. The molecular formula is C47H27N5. The summed E-state index contributed by atoms with van der Waals surface area (Å²) in [5.74, 6) is 1.80. The van der Waals surface area contributed by atoms with Crippen LogP contribution < -0.4 is 0 Å². The monoisotopic (exact) mass is 661 g/mol. The molecule has 10 aromatic rings. The molecular weight excluding hydrogens is 635 g/mol. The van der Waals surface area contributed by atoms with Gasteiger partial charge in [-0.3, -0.25) is 0 Å². The average Bonchev–Trinajstić information content (AvgIpc) is 3.22. The highest BCUT2D eigenvalue weighted by atomic mass is 15.0. The van der Waals surface area contributed by atoms with E-state index >= 15 is 0 Å². The van der Waals surface area contributed by atoms with E-state index in [2.05, 4.69) is 140 Å². The van der Waals surface area contributed by atoms with Crippen molar-refractivity contribution in [3.05, 3.63) is 169 Å². The predicted molar refractivity (Wildman–Crippen MR) is 212 cm³/mol. The van der Waals surface area contributed by atoms with Gasteiger partial charge in [-0.2, -0.15) is 5.26 Å². The van der Waals surface area contributed by atoms with Crippen molar-refractivity contribution in [1.29, 1.82) is 5.26 Å². The van der Waals surface area contributed by atoms with E-state index < -0.39 is 0 Å². The smallest absolute Gasteiger partial charge is 0.164 e. The van der Waals surface area contributed by atoms with Crippen LogP contribution in [-0.2, 0) is 0 Å². The van der Waals surface area contributed by atoms with Crippen LogP contribution in [0.3, 0.4) is 0 Å². The van der Waals surface area contributed by atoms with Crippen molar-refractivity contribution in [2.24, 2.45) is 0 Å². The van der Waals surface area contributed by atoms with E-state index in [1.807, 2.05) is 30.3 Å². The van der Waals surface area contributed by atoms with Crippen molar-refractivity contribution < 1.29 is 0 Å². The van der Waals surface area contributed by atoms with Gasteiger partial charge in [0.2, 0.25) is 0 Å². The third-order valence-electron chi connectivity index (χ3n) is 9.93. The molecule has 0 saturated heterocycles. The molecule has 10 rings (SSSR count). The van der Waals surface area contributed by atoms with Crippen LogP contribution in [0.2, 0.25) is 0 Å². The lowest BCUT2D eigenvalue weighted by molar-refractivity contribution is 1.08. The fraction of sp³-hybridized carbons (Fsp3) is 0. The van der Waals surface area contributed by atoms with Gasteiger partial charge in [-0.25, -0.2) is 19.9 Å². The van der Waals surface area contributed by atoms with Crippen molar-refractivity contribution >= 4 is 54.0 Å². The first kappa shape index (κ1) is 29.6. The molecule has 0 atom stereocenters. The third-order valence-corrected chi connectivity index (χ3v) is 9.93. The zero-order valence-electron chi connectivity index (χ0n) is 27.8. The molecule has 5 nitrogen and oxygen atoms in total. The van der Waals surface area contributed by atoms with Gasteiger partial charge >= 0.3 is 0 Å². The molecule has 2 aromatic heterocycles. The Morgan fingerprint density at radius 2 is 0.885 bits per heavy atom. The second kappa shape index (κ2) is 11.9. The number of rotatable bonds is 4. The maximum absolute atomic E-state index is 9.53. The summed E-state index contributed by atoms with van der Waals surface area (Å²) in [4.78, 5) is 21.0. The van der Waals surface area contributed by atoms with Gasteiger partial charge in [0.15, 0.2) is 17.5 Å². The Bertz CT molecular complexity index is 2980. The summed E-state index contributed by atoms with van der Waals surface area (Å²) in [5.41, 5.74) is 6.05. The number of aromatic nitrogens is 4. The van der Waals surface area contributed by atoms with Gasteiger partial charge in [0.25, 0.3) is 0 Å².